The van der Waals surface area contributed by atoms with Gasteiger partial charge in [-0.2, -0.15) is 5.10 Å². The molecule has 0 radical (unpaired) electrons. The van der Waals surface area contributed by atoms with Crippen LogP contribution in [0.3, 0.4) is 0 Å². The van der Waals surface area contributed by atoms with Crippen LogP contribution in [0.1, 0.15) is 73.5 Å². The fourth-order valence-electron chi connectivity index (χ4n) is 5.07. The van der Waals surface area contributed by atoms with Crippen LogP contribution in [0.5, 0.6) is 5.75 Å². The molecule has 3 unspecified atom stereocenters. The van der Waals surface area contributed by atoms with Crippen molar-refractivity contribution in [2.75, 3.05) is 19.0 Å². The summed E-state index contributed by atoms with van der Waals surface area (Å²) < 4.78 is 7.78. The zero-order chi connectivity index (χ0) is 29.4. The Bertz CT molecular complexity index is 1270. The molecule has 1 aliphatic heterocycles. The first kappa shape index (κ1) is 31.2. The standard InChI is InChI=1S/C30H44N6O3P2/c1-30(40,41)12-4-14-39-24-6-3-5-21(15-24)9-10-23-17-25-27(29(38)33-23)28(36(35-25)13-11-20-7-8-20)34-26(37)16-22(18-31)19-32-2/h3,5-6,15,18-20,23,31-32H,4,7-14,16-17,40-41H2,1-2H3,(H,33,38)(H,34,37)/b22-19-,31-18?. The lowest BCUT2D eigenvalue weighted by atomic mass is 9.96. The van der Waals surface area contributed by atoms with E-state index in [1.807, 2.05) is 12.1 Å². The van der Waals surface area contributed by atoms with Gasteiger partial charge in [-0.15, -0.1) is 18.5 Å². The van der Waals surface area contributed by atoms with Crippen LogP contribution in [-0.2, 0) is 24.2 Å². The zero-order valence-corrected chi connectivity index (χ0v) is 26.5. The van der Waals surface area contributed by atoms with Crippen LogP contribution in [-0.4, -0.2) is 52.4 Å². The van der Waals surface area contributed by atoms with E-state index in [9.17, 15) is 9.59 Å². The SMILES string of the molecule is CN/C=C(\C=N)CC(=O)Nc1c2c(nn1CCC1CC1)CC(CCc1cccc(OCCCC(C)(P)P)c1)NC2=O. The van der Waals surface area contributed by atoms with Crippen molar-refractivity contribution in [3.8, 4) is 5.75 Å². The Labute approximate surface area is 247 Å². The minimum absolute atomic E-state index is 0.0364. The van der Waals surface area contributed by atoms with E-state index < -0.39 is 0 Å². The van der Waals surface area contributed by atoms with Gasteiger partial charge in [0.25, 0.3) is 5.91 Å². The van der Waals surface area contributed by atoms with E-state index in [-0.39, 0.29) is 29.2 Å². The summed E-state index contributed by atoms with van der Waals surface area (Å²) >= 11 is 0. The van der Waals surface area contributed by atoms with Gasteiger partial charge >= 0.3 is 0 Å². The number of nitrogens with zero attached hydrogens (tertiary/aromatic N) is 2. The largest absolute Gasteiger partial charge is 0.494 e. The molecule has 1 aromatic heterocycles. The number of aromatic nitrogens is 2. The van der Waals surface area contributed by atoms with Crippen LogP contribution >= 0.6 is 18.5 Å². The van der Waals surface area contributed by atoms with E-state index in [2.05, 4.69) is 53.5 Å². The van der Waals surface area contributed by atoms with Gasteiger partial charge in [-0.1, -0.05) is 31.9 Å². The predicted octanol–water partition coefficient (Wildman–Crippen LogP) is 4.68. The lowest BCUT2D eigenvalue weighted by molar-refractivity contribution is -0.115. The molecule has 2 heterocycles. The minimum atomic E-state index is -0.279. The number of carbonyl (C=O) groups excluding carboxylic acids is 2. The molecule has 0 bridgehead atoms. The second kappa shape index (κ2) is 14.4. The Morgan fingerprint density at radius 3 is 2.83 bits per heavy atom. The van der Waals surface area contributed by atoms with E-state index in [0.29, 0.717) is 42.4 Å². The smallest absolute Gasteiger partial charge is 0.257 e. The molecule has 4 N–H and O–H groups in total. The molecular weight excluding hydrogens is 554 g/mol. The summed E-state index contributed by atoms with van der Waals surface area (Å²) in [4.78, 5) is 26.3. The number of ether oxygens (including phenoxy) is 1. The number of carbonyl (C=O) groups is 2. The second-order valence-electron chi connectivity index (χ2n) is 11.5. The maximum atomic E-state index is 13.3. The molecular formula is C30H44N6O3P2. The third-order valence-corrected chi connectivity index (χ3v) is 8.00. The lowest BCUT2D eigenvalue weighted by Gasteiger charge is -2.23. The molecule has 3 atom stereocenters. The van der Waals surface area contributed by atoms with Crippen molar-refractivity contribution >= 4 is 42.3 Å². The first-order chi connectivity index (χ1) is 19.6. The van der Waals surface area contributed by atoms with Crippen molar-refractivity contribution in [3.63, 3.8) is 0 Å². The average Bonchev–Trinajstić information content (AvgIpc) is 3.69. The molecule has 1 aliphatic carbocycles. The highest BCUT2D eigenvalue weighted by Crippen LogP contribution is 2.34. The van der Waals surface area contributed by atoms with Crippen LogP contribution in [0.2, 0.25) is 0 Å². The maximum absolute atomic E-state index is 13.3. The number of aryl methyl sites for hydroxylation is 2. The van der Waals surface area contributed by atoms with Crippen molar-refractivity contribution < 1.29 is 14.3 Å². The minimum Gasteiger partial charge on any atom is -0.494 e. The number of benzene rings is 1. The summed E-state index contributed by atoms with van der Waals surface area (Å²) in [5.41, 5.74) is 2.91. The molecule has 1 aromatic carbocycles. The van der Waals surface area contributed by atoms with Crippen LogP contribution in [0.15, 0.2) is 36.0 Å². The molecule has 2 aromatic rings. The van der Waals surface area contributed by atoms with Crippen molar-refractivity contribution in [1.29, 1.82) is 5.41 Å². The molecule has 11 heteroatoms. The third kappa shape index (κ3) is 9.65. The van der Waals surface area contributed by atoms with Gasteiger partial charge in [0.15, 0.2) is 0 Å². The molecule has 9 nitrogen and oxygen atoms in total. The second-order valence-corrected chi connectivity index (χ2v) is 14.8. The van der Waals surface area contributed by atoms with E-state index >= 15 is 0 Å². The molecule has 2 aliphatic rings. The molecule has 1 fully saturated rings. The zero-order valence-electron chi connectivity index (χ0n) is 24.2. The molecule has 2 amide bonds. The number of hydrogen-bond donors (Lipinski definition) is 4. The summed E-state index contributed by atoms with van der Waals surface area (Å²) in [6.45, 7) is 3.51. The lowest BCUT2D eigenvalue weighted by Crippen LogP contribution is -2.41. The molecule has 0 spiro atoms. The highest BCUT2D eigenvalue weighted by molar-refractivity contribution is 7.39. The van der Waals surface area contributed by atoms with Gasteiger partial charge in [0.1, 0.15) is 17.1 Å². The summed E-state index contributed by atoms with van der Waals surface area (Å²) in [6.07, 6.45) is 10.5. The number of amides is 2. The number of fused-ring (bicyclic) bond motifs is 1. The van der Waals surface area contributed by atoms with Gasteiger partial charge in [-0.25, -0.2) is 4.68 Å². The highest BCUT2D eigenvalue weighted by Gasteiger charge is 2.33. The Morgan fingerprint density at radius 2 is 2.12 bits per heavy atom. The maximum Gasteiger partial charge on any atom is 0.257 e. The predicted molar refractivity (Wildman–Crippen MR) is 171 cm³/mol. The Kier molecular flexibility index (Phi) is 11.0. The van der Waals surface area contributed by atoms with E-state index in [1.54, 1.807) is 17.9 Å². The van der Waals surface area contributed by atoms with Crippen molar-refractivity contribution in [2.45, 2.75) is 82.2 Å². The van der Waals surface area contributed by atoms with Crippen LogP contribution in [0.25, 0.3) is 0 Å². The molecule has 0 saturated heterocycles. The Balaban J connectivity index is 1.39. The highest BCUT2D eigenvalue weighted by atomic mass is 31.1. The number of anilines is 1. The van der Waals surface area contributed by atoms with Crippen LogP contribution < -0.4 is 20.7 Å². The summed E-state index contributed by atoms with van der Waals surface area (Å²) in [6, 6.07) is 8.14. The fourth-order valence-corrected chi connectivity index (χ4v) is 5.48. The number of nitrogens with one attached hydrogen (secondary N) is 4. The van der Waals surface area contributed by atoms with Gasteiger partial charge in [0.2, 0.25) is 5.91 Å². The van der Waals surface area contributed by atoms with Gasteiger partial charge < -0.3 is 26.1 Å². The fraction of sp³-hybridized carbons (Fsp3) is 0.533. The Hall–Kier alpha value is -2.76. The van der Waals surface area contributed by atoms with Gasteiger partial charge in [-0.05, 0) is 66.2 Å². The molecule has 41 heavy (non-hydrogen) atoms. The molecule has 1 saturated carbocycles. The monoisotopic (exact) mass is 598 g/mol. The Morgan fingerprint density at radius 1 is 1.32 bits per heavy atom. The van der Waals surface area contributed by atoms with Crippen LogP contribution in [0.4, 0.5) is 5.82 Å². The number of hydrogen-bond acceptors (Lipinski definition) is 6. The summed E-state index contributed by atoms with van der Waals surface area (Å²) in [7, 11) is 7.41. The van der Waals surface area contributed by atoms with E-state index in [1.165, 1.54) is 18.4 Å². The van der Waals surface area contributed by atoms with Gasteiger partial charge in [0.05, 0.1) is 18.7 Å². The van der Waals surface area contributed by atoms with Crippen molar-refractivity contribution in [2.24, 2.45) is 5.92 Å². The average molecular weight is 599 g/mol. The quantitative estimate of drug-likeness (QED) is 0.127. The topological polar surface area (TPSA) is 121 Å². The first-order valence-corrected chi connectivity index (χ1v) is 15.7. The van der Waals surface area contributed by atoms with Crippen molar-refractivity contribution in [1.82, 2.24) is 20.4 Å². The van der Waals surface area contributed by atoms with Gasteiger partial charge in [0, 0.05) is 38.5 Å². The van der Waals surface area contributed by atoms with Crippen LogP contribution in [0, 0.1) is 11.3 Å². The first-order valence-electron chi connectivity index (χ1n) is 14.5. The van der Waals surface area contributed by atoms with E-state index in [0.717, 1.165) is 49.8 Å². The number of rotatable bonds is 16. The third-order valence-electron chi connectivity index (χ3n) is 7.42. The van der Waals surface area contributed by atoms with Gasteiger partial charge in [-0.3, -0.25) is 9.59 Å². The van der Waals surface area contributed by atoms with Crippen molar-refractivity contribution in [3.05, 3.63) is 52.9 Å². The normalized spacial score (nSPS) is 17.0. The van der Waals surface area contributed by atoms with E-state index in [4.69, 9.17) is 15.2 Å². The summed E-state index contributed by atoms with van der Waals surface area (Å²) in [5, 5.41) is 21.3. The molecule has 4 rings (SSSR count). The summed E-state index contributed by atoms with van der Waals surface area (Å²) in [5.74, 6) is 1.55. The molecule has 222 valence electrons.